The van der Waals surface area contributed by atoms with Gasteiger partial charge in [-0.15, -0.1) is 0 Å². The lowest BCUT2D eigenvalue weighted by Gasteiger charge is -2.23. The number of anilines is 2. The number of hydrogen-bond acceptors (Lipinski definition) is 8. The lowest BCUT2D eigenvalue weighted by Crippen LogP contribution is -2.18. The van der Waals surface area contributed by atoms with Gasteiger partial charge in [-0.05, 0) is 41.9 Å². The van der Waals surface area contributed by atoms with Crippen molar-refractivity contribution in [3.8, 4) is 17.2 Å². The van der Waals surface area contributed by atoms with Gasteiger partial charge >= 0.3 is 0 Å². The fourth-order valence-corrected chi connectivity index (χ4v) is 4.96. The number of aliphatic hydroxyl groups is 1. The van der Waals surface area contributed by atoms with Gasteiger partial charge in [0.1, 0.15) is 41.2 Å². The maximum Gasteiger partial charge on any atom is 0.172 e. The van der Waals surface area contributed by atoms with Crippen LogP contribution in [0.4, 0.5) is 16.0 Å². The van der Waals surface area contributed by atoms with Gasteiger partial charge < -0.3 is 20.7 Å². The Morgan fingerprint density at radius 1 is 1.24 bits per heavy atom. The van der Waals surface area contributed by atoms with Gasteiger partial charge in [0.15, 0.2) is 4.90 Å². The molecule has 0 aliphatic heterocycles. The van der Waals surface area contributed by atoms with Gasteiger partial charge in [0.05, 0.1) is 34.8 Å². The second-order valence-corrected chi connectivity index (χ2v) is 8.97. The van der Waals surface area contributed by atoms with Crippen molar-refractivity contribution in [2.75, 3.05) is 23.4 Å². The highest BCUT2D eigenvalue weighted by molar-refractivity contribution is 7.91. The molecule has 0 bridgehead atoms. The lowest BCUT2D eigenvalue weighted by molar-refractivity contribution is 0.319. The van der Waals surface area contributed by atoms with Crippen LogP contribution in [0, 0.1) is 17.1 Å². The van der Waals surface area contributed by atoms with Gasteiger partial charge in [-0.3, -0.25) is 0 Å². The molecule has 2 atom stereocenters. The van der Waals surface area contributed by atoms with Crippen LogP contribution in [0.3, 0.4) is 0 Å². The SMILES string of the molecule is CC(Nc1ncnc(N)c1C#N)c1nc2ccc(F)cc2c([S@@+]([O-])CCO)c1-c1ccccc1. The first-order valence-corrected chi connectivity index (χ1v) is 11.7. The number of aliphatic hydroxyl groups excluding tert-OH is 1. The molecule has 2 heterocycles. The fourth-order valence-electron chi connectivity index (χ4n) is 3.74. The van der Waals surface area contributed by atoms with Crippen molar-refractivity contribution in [2.45, 2.75) is 17.9 Å². The molecular formula is C24H21FN6O2S. The molecule has 10 heteroatoms. The summed E-state index contributed by atoms with van der Waals surface area (Å²) < 4.78 is 27.6. The maximum atomic E-state index is 14.2. The molecule has 0 fully saturated rings. The highest BCUT2D eigenvalue weighted by atomic mass is 32.2. The van der Waals surface area contributed by atoms with Gasteiger partial charge in [0, 0.05) is 0 Å². The van der Waals surface area contributed by atoms with Crippen molar-refractivity contribution >= 4 is 33.7 Å². The van der Waals surface area contributed by atoms with E-state index in [1.165, 1.54) is 24.5 Å². The minimum absolute atomic E-state index is 0.0161. The maximum absolute atomic E-state index is 14.2. The van der Waals surface area contributed by atoms with Gasteiger partial charge in [0.2, 0.25) is 0 Å². The number of benzene rings is 2. The normalized spacial score (nSPS) is 12.8. The van der Waals surface area contributed by atoms with Gasteiger partial charge in [-0.2, -0.15) is 5.26 Å². The number of aromatic nitrogens is 3. The molecule has 0 saturated heterocycles. The third-order valence-electron chi connectivity index (χ3n) is 5.25. The lowest BCUT2D eigenvalue weighted by atomic mass is 9.97. The van der Waals surface area contributed by atoms with E-state index in [-0.39, 0.29) is 29.6 Å². The standard InChI is InChI=1S/C24H21FN6O2S/c1-14(30-24-18(12-26)23(27)28-13-29-24)21-20(15-5-3-2-4-6-15)22(34(33)10-9-32)17-11-16(25)7-8-19(17)31-21/h2-8,11,13-14,32H,9-10H2,1H3,(H3,27,28,29,30)/t14?,34-/m0/s1. The second-order valence-electron chi connectivity index (χ2n) is 7.46. The van der Waals surface area contributed by atoms with E-state index < -0.39 is 23.0 Å². The summed E-state index contributed by atoms with van der Waals surface area (Å²) in [6, 6.07) is 14.8. The van der Waals surface area contributed by atoms with E-state index >= 15 is 0 Å². The van der Waals surface area contributed by atoms with Crippen LogP contribution in [-0.2, 0) is 11.2 Å². The zero-order valence-corrected chi connectivity index (χ0v) is 19.0. The number of hydrogen-bond donors (Lipinski definition) is 3. The summed E-state index contributed by atoms with van der Waals surface area (Å²) in [7, 11) is 0. The molecule has 1 unspecified atom stereocenters. The molecule has 0 aliphatic rings. The summed E-state index contributed by atoms with van der Waals surface area (Å²) in [6.07, 6.45) is 1.25. The average Bonchev–Trinajstić information content (AvgIpc) is 2.83. The highest BCUT2D eigenvalue weighted by Crippen LogP contribution is 2.39. The fraction of sp³-hybridized carbons (Fsp3) is 0.167. The first-order valence-electron chi connectivity index (χ1n) is 10.4. The Morgan fingerprint density at radius 2 is 2.00 bits per heavy atom. The molecule has 0 spiro atoms. The van der Waals surface area contributed by atoms with Crippen LogP contribution >= 0.6 is 0 Å². The zero-order valence-electron chi connectivity index (χ0n) is 18.2. The molecule has 4 rings (SSSR count). The van der Waals surface area contributed by atoms with Gasteiger partial charge in [0.25, 0.3) is 0 Å². The van der Waals surface area contributed by atoms with Crippen LogP contribution in [0.15, 0.2) is 59.8 Å². The van der Waals surface area contributed by atoms with E-state index in [9.17, 15) is 19.3 Å². The van der Waals surface area contributed by atoms with Crippen LogP contribution in [0.25, 0.3) is 22.0 Å². The molecule has 172 valence electrons. The number of rotatable bonds is 7. The van der Waals surface area contributed by atoms with Crippen molar-refractivity contribution < 1.29 is 14.0 Å². The molecule has 8 nitrogen and oxygen atoms in total. The third kappa shape index (κ3) is 4.49. The molecule has 34 heavy (non-hydrogen) atoms. The van der Waals surface area contributed by atoms with Crippen LogP contribution in [0.1, 0.15) is 24.2 Å². The molecule has 2 aromatic heterocycles. The summed E-state index contributed by atoms with van der Waals surface area (Å²) in [4.78, 5) is 13.2. The number of nitriles is 1. The Hall–Kier alpha value is -3.78. The average molecular weight is 477 g/mol. The largest absolute Gasteiger partial charge is 0.611 e. The number of nitrogens with two attached hydrogens (primary N) is 1. The number of halogens is 1. The van der Waals surface area contributed by atoms with Crippen LogP contribution in [0.2, 0.25) is 0 Å². The van der Waals surface area contributed by atoms with Gasteiger partial charge in [-0.25, -0.2) is 19.3 Å². The quantitative estimate of drug-likeness (QED) is 0.344. The van der Waals surface area contributed by atoms with Crippen molar-refractivity contribution in [2.24, 2.45) is 0 Å². The molecule has 0 amide bonds. The minimum atomic E-state index is -1.64. The van der Waals surface area contributed by atoms with Crippen molar-refractivity contribution in [1.82, 2.24) is 15.0 Å². The molecule has 0 radical (unpaired) electrons. The monoisotopic (exact) mass is 476 g/mol. The number of nitrogens with zero attached hydrogens (tertiary/aromatic N) is 4. The van der Waals surface area contributed by atoms with Crippen molar-refractivity contribution in [3.05, 3.63) is 71.9 Å². The molecule has 4 aromatic rings. The number of nitrogen functional groups attached to an aromatic ring is 1. The van der Waals surface area contributed by atoms with E-state index in [0.717, 1.165) is 5.56 Å². The molecular weight excluding hydrogens is 455 g/mol. The van der Waals surface area contributed by atoms with Crippen LogP contribution in [0.5, 0.6) is 0 Å². The van der Waals surface area contributed by atoms with E-state index in [2.05, 4.69) is 15.3 Å². The van der Waals surface area contributed by atoms with E-state index in [1.54, 1.807) is 0 Å². The predicted molar refractivity (Wildman–Crippen MR) is 129 cm³/mol. The van der Waals surface area contributed by atoms with E-state index in [0.29, 0.717) is 27.1 Å². The first kappa shape index (κ1) is 23.4. The van der Waals surface area contributed by atoms with Crippen molar-refractivity contribution in [3.63, 3.8) is 0 Å². The second kappa shape index (κ2) is 10.0. The Morgan fingerprint density at radius 3 is 2.71 bits per heavy atom. The van der Waals surface area contributed by atoms with E-state index in [1.807, 2.05) is 43.3 Å². The van der Waals surface area contributed by atoms with Crippen LogP contribution < -0.4 is 11.1 Å². The number of pyridine rings is 1. The summed E-state index contributed by atoms with van der Waals surface area (Å²) in [5.41, 5.74) is 8.19. The molecule has 2 aromatic carbocycles. The Bertz CT molecular complexity index is 1380. The topological polar surface area (TPSA) is 144 Å². The Kier molecular flexibility index (Phi) is 6.88. The van der Waals surface area contributed by atoms with Crippen molar-refractivity contribution in [1.29, 1.82) is 5.26 Å². The smallest absolute Gasteiger partial charge is 0.172 e. The van der Waals surface area contributed by atoms with E-state index in [4.69, 9.17) is 10.7 Å². The highest BCUT2D eigenvalue weighted by Gasteiger charge is 2.28. The Labute approximate surface area is 198 Å². The van der Waals surface area contributed by atoms with Crippen LogP contribution in [-0.4, -0.2) is 37.0 Å². The Balaban J connectivity index is 1.98. The summed E-state index contributed by atoms with van der Waals surface area (Å²) in [5.74, 6) is -0.218. The molecule has 4 N–H and O–H groups in total. The third-order valence-corrected chi connectivity index (χ3v) is 6.68. The number of fused-ring (bicyclic) bond motifs is 1. The summed E-state index contributed by atoms with van der Waals surface area (Å²) >= 11 is -1.64. The van der Waals surface area contributed by atoms with Gasteiger partial charge in [-0.1, -0.05) is 30.3 Å². The molecule has 0 aliphatic carbocycles. The predicted octanol–water partition coefficient (Wildman–Crippen LogP) is 3.56. The number of nitrogens with one attached hydrogen (secondary N) is 1. The summed E-state index contributed by atoms with van der Waals surface area (Å²) in [6.45, 7) is 1.52. The zero-order chi connectivity index (χ0) is 24.2. The minimum Gasteiger partial charge on any atom is -0.611 e. The first-order chi connectivity index (χ1) is 16.4. The molecule has 0 saturated carbocycles. The summed E-state index contributed by atoms with van der Waals surface area (Å²) in [5, 5.41) is 22.6.